The largest absolute Gasteiger partial charge is 0.312 e. The monoisotopic (exact) mass is 651 g/mol. The quantitative estimate of drug-likeness (QED) is 0.230. The minimum atomic E-state index is -2.79. The van der Waals surface area contributed by atoms with Gasteiger partial charge in [0.05, 0.1) is 6.04 Å². The molecule has 0 radical (unpaired) electrons. The van der Waals surface area contributed by atoms with Crippen LogP contribution in [-0.2, 0) is 0 Å². The SMILES string of the molecule is CC1=CC(C2CC(CC3C(F)C(F)C(C4C(F)C(F)C(NC5C6CC7CC(C6)CC5C7)C(F)C4F)C(F)C3F)CCN2)NCC1. The van der Waals surface area contributed by atoms with E-state index in [0.29, 0.717) is 31.2 Å². The minimum absolute atomic E-state index is 0.000888. The van der Waals surface area contributed by atoms with E-state index in [2.05, 4.69) is 22.0 Å². The first-order valence-electron chi connectivity index (χ1n) is 17.5. The number of hydrogen-bond donors (Lipinski definition) is 3. The van der Waals surface area contributed by atoms with Crippen molar-refractivity contribution >= 4 is 0 Å². The zero-order valence-electron chi connectivity index (χ0n) is 25.9. The molecule has 0 amide bonds. The van der Waals surface area contributed by atoms with E-state index in [9.17, 15) is 0 Å². The van der Waals surface area contributed by atoms with Gasteiger partial charge in [-0.25, -0.2) is 35.1 Å². The average molecular weight is 652 g/mol. The third-order valence-corrected chi connectivity index (χ3v) is 13.2. The van der Waals surface area contributed by atoms with Gasteiger partial charge in [-0.3, -0.25) is 0 Å². The minimum Gasteiger partial charge on any atom is -0.312 e. The van der Waals surface area contributed by atoms with Crippen molar-refractivity contribution in [2.45, 2.75) is 138 Å². The van der Waals surface area contributed by atoms with Crippen LogP contribution in [-0.4, -0.2) is 86.6 Å². The zero-order chi connectivity index (χ0) is 31.7. The van der Waals surface area contributed by atoms with Crippen molar-refractivity contribution in [3.05, 3.63) is 11.6 Å². The van der Waals surface area contributed by atoms with Gasteiger partial charge in [-0.1, -0.05) is 11.6 Å². The molecule has 11 heteroatoms. The molecule has 6 saturated carbocycles. The summed E-state index contributed by atoms with van der Waals surface area (Å²) in [6.07, 6.45) is -12.4. The van der Waals surface area contributed by atoms with E-state index in [1.54, 1.807) is 0 Å². The van der Waals surface area contributed by atoms with Crippen molar-refractivity contribution in [3.63, 3.8) is 0 Å². The molecule has 2 aliphatic heterocycles. The fraction of sp³-hybridized carbons (Fsp3) is 0.941. The molecule has 0 spiro atoms. The number of rotatable bonds is 6. The highest BCUT2D eigenvalue weighted by Gasteiger charge is 2.64. The van der Waals surface area contributed by atoms with Gasteiger partial charge in [-0.15, -0.1) is 0 Å². The lowest BCUT2D eigenvalue weighted by molar-refractivity contribution is -0.158. The highest BCUT2D eigenvalue weighted by molar-refractivity contribution is 5.14. The molecule has 8 aliphatic rings. The summed E-state index contributed by atoms with van der Waals surface area (Å²) in [4.78, 5) is 0. The summed E-state index contributed by atoms with van der Waals surface area (Å²) in [6, 6.07) is -2.03. The number of halogens is 8. The van der Waals surface area contributed by atoms with Crippen LogP contribution in [0, 0.1) is 47.3 Å². The third-order valence-electron chi connectivity index (χ3n) is 13.2. The van der Waals surface area contributed by atoms with E-state index in [0.717, 1.165) is 45.1 Å². The predicted molar refractivity (Wildman–Crippen MR) is 157 cm³/mol. The standard InChI is InChI=1S/C34H49F8N3/c1-14-2-4-43-21(6-14)22-13-15(3-5-44-22)12-20-25(35)27(37)23(28(38)26(20)36)24-29(39)31(41)34(32(42)30(24)40)45-33-18-8-16-7-17(10-18)11-19(33)9-16/h6,15-34,43-45H,2-5,7-13H2,1H3. The van der Waals surface area contributed by atoms with E-state index < -0.39 is 73.2 Å². The molecule has 7 fully saturated rings. The van der Waals surface area contributed by atoms with Crippen LogP contribution < -0.4 is 16.0 Å². The van der Waals surface area contributed by atoms with Gasteiger partial charge < -0.3 is 16.0 Å². The summed E-state index contributed by atoms with van der Waals surface area (Å²) < 4.78 is 125. The van der Waals surface area contributed by atoms with Crippen molar-refractivity contribution in [2.75, 3.05) is 13.1 Å². The molecule has 0 aromatic heterocycles. The van der Waals surface area contributed by atoms with Gasteiger partial charge in [0.25, 0.3) is 0 Å². The van der Waals surface area contributed by atoms with E-state index >= 15 is 35.1 Å². The second kappa shape index (κ2) is 12.8. The molecule has 11 atom stereocenters. The van der Waals surface area contributed by atoms with Crippen molar-refractivity contribution in [1.29, 1.82) is 0 Å². The molecule has 0 aromatic rings. The molecule has 11 unspecified atom stereocenters. The van der Waals surface area contributed by atoms with Gasteiger partial charge in [-0.2, -0.15) is 0 Å². The van der Waals surface area contributed by atoms with Gasteiger partial charge in [0.2, 0.25) is 0 Å². The average Bonchev–Trinajstić information content (AvgIpc) is 3.02. The molecule has 1 saturated heterocycles. The van der Waals surface area contributed by atoms with E-state index in [-0.39, 0.29) is 42.3 Å². The van der Waals surface area contributed by atoms with E-state index in [4.69, 9.17) is 0 Å². The number of piperidine rings is 1. The normalized spacial score (nSPS) is 56.7. The molecule has 4 bridgehead atoms. The van der Waals surface area contributed by atoms with Gasteiger partial charge in [0.15, 0.2) is 0 Å². The van der Waals surface area contributed by atoms with E-state index in [1.165, 1.54) is 5.57 Å². The van der Waals surface area contributed by atoms with Gasteiger partial charge >= 0.3 is 0 Å². The lowest BCUT2D eigenvalue weighted by atomic mass is 9.54. The molecule has 3 N–H and O–H groups in total. The molecular formula is C34H49F8N3. The predicted octanol–water partition coefficient (Wildman–Crippen LogP) is 6.42. The molecule has 3 nitrogen and oxygen atoms in total. The maximum absolute atomic E-state index is 15.7. The van der Waals surface area contributed by atoms with Crippen LogP contribution in [0.5, 0.6) is 0 Å². The first-order valence-corrected chi connectivity index (χ1v) is 17.5. The number of nitrogens with one attached hydrogen (secondary N) is 3. The molecule has 6 aliphatic carbocycles. The highest BCUT2D eigenvalue weighted by Crippen LogP contribution is 2.55. The Balaban J connectivity index is 1.02. The smallest absolute Gasteiger partial charge is 0.150 e. The van der Waals surface area contributed by atoms with Crippen molar-refractivity contribution in [3.8, 4) is 0 Å². The van der Waals surface area contributed by atoms with Crippen LogP contribution in [0.1, 0.15) is 64.7 Å². The van der Waals surface area contributed by atoms with Crippen molar-refractivity contribution < 1.29 is 35.1 Å². The Labute approximate surface area is 261 Å². The molecule has 2 heterocycles. The van der Waals surface area contributed by atoms with Crippen LogP contribution in [0.15, 0.2) is 11.6 Å². The lowest BCUT2D eigenvalue weighted by Gasteiger charge is -2.56. The van der Waals surface area contributed by atoms with Crippen LogP contribution in [0.2, 0.25) is 0 Å². The van der Waals surface area contributed by atoms with Crippen LogP contribution in [0.3, 0.4) is 0 Å². The highest BCUT2D eigenvalue weighted by atomic mass is 19.2. The molecule has 256 valence electrons. The van der Waals surface area contributed by atoms with Gasteiger partial charge in [0.1, 0.15) is 49.4 Å². The van der Waals surface area contributed by atoms with Gasteiger partial charge in [-0.05, 0) is 107 Å². The first kappa shape index (κ1) is 32.6. The first-order chi connectivity index (χ1) is 21.5. The summed E-state index contributed by atoms with van der Waals surface area (Å²) in [5, 5.41) is 9.78. The van der Waals surface area contributed by atoms with Crippen LogP contribution in [0.25, 0.3) is 0 Å². The van der Waals surface area contributed by atoms with Gasteiger partial charge in [0, 0.05) is 35.9 Å². The zero-order valence-corrected chi connectivity index (χ0v) is 25.9. The summed E-state index contributed by atoms with van der Waals surface area (Å²) in [5.41, 5.74) is 1.25. The summed E-state index contributed by atoms with van der Waals surface area (Å²) in [6.45, 7) is 3.45. The van der Waals surface area contributed by atoms with E-state index in [1.807, 2.05) is 6.92 Å². The Kier molecular flexibility index (Phi) is 9.29. The molecule has 8 rings (SSSR count). The molecule has 0 aromatic carbocycles. The summed E-state index contributed by atoms with van der Waals surface area (Å²) in [5.74, 6) is -5.21. The molecule has 45 heavy (non-hydrogen) atoms. The Morgan fingerprint density at radius 2 is 1.20 bits per heavy atom. The van der Waals surface area contributed by atoms with Crippen LogP contribution >= 0.6 is 0 Å². The van der Waals surface area contributed by atoms with Crippen molar-refractivity contribution in [1.82, 2.24) is 16.0 Å². The fourth-order valence-electron chi connectivity index (χ4n) is 11.2. The molecular weight excluding hydrogens is 602 g/mol. The third kappa shape index (κ3) is 5.89. The lowest BCUT2D eigenvalue weighted by Crippen LogP contribution is -2.68. The second-order valence-electron chi connectivity index (χ2n) is 16.0. The second-order valence-corrected chi connectivity index (χ2v) is 16.0. The Bertz CT molecular complexity index is 1020. The fourth-order valence-corrected chi connectivity index (χ4v) is 11.2. The Hall–Kier alpha value is -0.940. The maximum atomic E-state index is 15.7. The summed E-state index contributed by atoms with van der Waals surface area (Å²) >= 11 is 0. The number of hydrogen-bond acceptors (Lipinski definition) is 3. The Morgan fingerprint density at radius 3 is 1.76 bits per heavy atom. The number of alkyl halides is 8. The van der Waals surface area contributed by atoms with Crippen LogP contribution in [0.4, 0.5) is 35.1 Å². The summed E-state index contributed by atoms with van der Waals surface area (Å²) in [7, 11) is 0. The maximum Gasteiger partial charge on any atom is 0.150 e. The Morgan fingerprint density at radius 1 is 0.644 bits per heavy atom. The van der Waals surface area contributed by atoms with Crippen molar-refractivity contribution in [2.24, 2.45) is 47.3 Å². The topological polar surface area (TPSA) is 36.1 Å².